The van der Waals surface area contributed by atoms with Crippen molar-refractivity contribution in [1.82, 2.24) is 20.1 Å². The lowest BCUT2D eigenvalue weighted by Crippen LogP contribution is -2.50. The molecule has 182 valence electrons. The van der Waals surface area contributed by atoms with Gasteiger partial charge in [0.1, 0.15) is 5.82 Å². The number of piperidine rings is 1. The van der Waals surface area contributed by atoms with E-state index in [1.54, 1.807) is 6.07 Å². The third-order valence-corrected chi connectivity index (χ3v) is 7.28. The Bertz CT molecular complexity index is 1180. The first-order chi connectivity index (χ1) is 16.0. The lowest BCUT2D eigenvalue weighted by molar-refractivity contribution is -0.138. The van der Waals surface area contributed by atoms with Crippen LogP contribution in [0.25, 0.3) is 10.8 Å². The van der Waals surface area contributed by atoms with Gasteiger partial charge in [0, 0.05) is 42.1 Å². The molecule has 4 rings (SSSR count). The van der Waals surface area contributed by atoms with Gasteiger partial charge in [-0.1, -0.05) is 12.1 Å². The lowest BCUT2D eigenvalue weighted by atomic mass is 9.88. The second-order valence-corrected chi connectivity index (χ2v) is 9.54. The zero-order valence-electron chi connectivity index (χ0n) is 20.3. The number of pyridine rings is 1. The largest absolute Gasteiger partial charge is 0.416 e. The number of halogens is 3. The van der Waals surface area contributed by atoms with Crippen LogP contribution in [0.2, 0.25) is 0 Å². The number of fused-ring (bicyclic) bond motifs is 1. The van der Waals surface area contributed by atoms with Crippen molar-refractivity contribution in [3.63, 3.8) is 0 Å². The summed E-state index contributed by atoms with van der Waals surface area (Å²) in [7, 11) is 4.24. The van der Waals surface area contributed by atoms with Crippen LogP contribution >= 0.6 is 0 Å². The molecule has 1 aliphatic rings. The maximum Gasteiger partial charge on any atom is 0.416 e. The van der Waals surface area contributed by atoms with Crippen molar-refractivity contribution in [2.45, 2.75) is 51.9 Å². The van der Waals surface area contributed by atoms with Crippen LogP contribution < -0.4 is 10.2 Å². The van der Waals surface area contributed by atoms with Crippen molar-refractivity contribution in [2.24, 2.45) is 0 Å². The van der Waals surface area contributed by atoms with Gasteiger partial charge in [-0.3, -0.25) is 0 Å². The van der Waals surface area contributed by atoms with E-state index in [9.17, 15) is 13.2 Å². The summed E-state index contributed by atoms with van der Waals surface area (Å²) in [6.45, 7) is 7.67. The van der Waals surface area contributed by atoms with E-state index in [-0.39, 0.29) is 17.6 Å². The van der Waals surface area contributed by atoms with E-state index in [2.05, 4.69) is 51.3 Å². The van der Waals surface area contributed by atoms with Crippen molar-refractivity contribution in [3.8, 4) is 0 Å². The van der Waals surface area contributed by atoms with Crippen LogP contribution in [0.3, 0.4) is 0 Å². The molecule has 0 atom stereocenters. The summed E-state index contributed by atoms with van der Waals surface area (Å²) >= 11 is 0. The van der Waals surface area contributed by atoms with Crippen LogP contribution in [-0.2, 0) is 12.7 Å². The van der Waals surface area contributed by atoms with Crippen molar-refractivity contribution in [2.75, 3.05) is 37.4 Å². The predicted molar refractivity (Wildman–Crippen MR) is 129 cm³/mol. The monoisotopic (exact) mass is 472 g/mol. The van der Waals surface area contributed by atoms with Crippen molar-refractivity contribution >= 4 is 22.4 Å². The fraction of sp³-hybridized carbons (Fsp3) is 0.480. The third-order valence-electron chi connectivity index (χ3n) is 7.28. The highest BCUT2D eigenvalue weighted by molar-refractivity contribution is 5.94. The highest BCUT2D eigenvalue weighted by atomic mass is 19.4. The van der Waals surface area contributed by atoms with Gasteiger partial charge in [0.05, 0.1) is 11.3 Å². The summed E-state index contributed by atoms with van der Waals surface area (Å²) in [6, 6.07) is 6.25. The number of alkyl halides is 3. The van der Waals surface area contributed by atoms with Gasteiger partial charge in [-0.15, -0.1) is 5.10 Å². The molecule has 9 heteroatoms. The third kappa shape index (κ3) is 4.66. The molecule has 0 bridgehead atoms. The molecule has 2 aromatic heterocycles. The SMILES string of the molecule is Cc1c(CNc2nnc(C)c3cnc(N4CCC(C)(N(C)C)CC4)cc23)cccc1C(F)(F)F. The van der Waals surface area contributed by atoms with Crippen LogP contribution in [0.15, 0.2) is 30.5 Å². The minimum atomic E-state index is -4.38. The molecule has 1 aromatic carbocycles. The van der Waals surface area contributed by atoms with E-state index < -0.39 is 11.7 Å². The Morgan fingerprint density at radius 1 is 1.09 bits per heavy atom. The molecule has 0 unspecified atom stereocenters. The molecule has 0 amide bonds. The van der Waals surface area contributed by atoms with E-state index >= 15 is 0 Å². The van der Waals surface area contributed by atoms with Gasteiger partial charge in [-0.2, -0.15) is 18.3 Å². The Morgan fingerprint density at radius 3 is 2.44 bits per heavy atom. The first-order valence-corrected chi connectivity index (χ1v) is 11.4. The van der Waals surface area contributed by atoms with Gasteiger partial charge in [-0.25, -0.2) is 4.98 Å². The summed E-state index contributed by atoms with van der Waals surface area (Å²) in [4.78, 5) is 9.25. The molecular weight excluding hydrogens is 441 g/mol. The van der Waals surface area contributed by atoms with E-state index in [4.69, 9.17) is 0 Å². The Labute approximate surface area is 198 Å². The molecule has 1 saturated heterocycles. The summed E-state index contributed by atoms with van der Waals surface area (Å²) in [5, 5.41) is 13.5. The summed E-state index contributed by atoms with van der Waals surface area (Å²) in [5.41, 5.74) is 1.09. The van der Waals surface area contributed by atoms with Gasteiger partial charge in [0.2, 0.25) is 0 Å². The Kier molecular flexibility index (Phi) is 6.42. The number of anilines is 2. The second-order valence-electron chi connectivity index (χ2n) is 9.54. The van der Waals surface area contributed by atoms with Gasteiger partial charge >= 0.3 is 6.18 Å². The number of aromatic nitrogens is 3. The lowest BCUT2D eigenvalue weighted by Gasteiger charge is -2.44. The normalized spacial score (nSPS) is 16.3. The molecule has 3 aromatic rings. The van der Waals surface area contributed by atoms with E-state index in [0.717, 1.165) is 54.3 Å². The number of benzene rings is 1. The molecule has 0 aliphatic carbocycles. The quantitative estimate of drug-likeness (QED) is 0.551. The van der Waals surface area contributed by atoms with Crippen LogP contribution in [-0.4, -0.2) is 52.8 Å². The zero-order valence-corrected chi connectivity index (χ0v) is 20.3. The van der Waals surface area contributed by atoms with Crippen molar-refractivity contribution in [1.29, 1.82) is 0 Å². The van der Waals surface area contributed by atoms with Crippen LogP contribution in [0.5, 0.6) is 0 Å². The minimum Gasteiger partial charge on any atom is -0.364 e. The first kappa shape index (κ1) is 24.2. The number of nitrogens with one attached hydrogen (secondary N) is 1. The smallest absolute Gasteiger partial charge is 0.364 e. The molecule has 6 nitrogen and oxygen atoms in total. The molecule has 34 heavy (non-hydrogen) atoms. The predicted octanol–water partition coefficient (Wildman–Crippen LogP) is 5.19. The zero-order chi connectivity index (χ0) is 24.7. The maximum atomic E-state index is 13.3. The molecule has 1 aliphatic heterocycles. The average molecular weight is 473 g/mol. The van der Waals surface area contributed by atoms with Gasteiger partial charge in [0.15, 0.2) is 5.82 Å². The fourth-order valence-electron chi connectivity index (χ4n) is 4.49. The van der Waals surface area contributed by atoms with Crippen LogP contribution in [0, 0.1) is 13.8 Å². The van der Waals surface area contributed by atoms with Crippen molar-refractivity contribution < 1.29 is 13.2 Å². The minimum absolute atomic E-state index is 0.172. The number of hydrogen-bond acceptors (Lipinski definition) is 6. The van der Waals surface area contributed by atoms with Gasteiger partial charge < -0.3 is 15.1 Å². The Hall–Kier alpha value is -2.94. The molecule has 0 spiro atoms. The Balaban J connectivity index is 1.60. The highest BCUT2D eigenvalue weighted by Gasteiger charge is 2.33. The van der Waals surface area contributed by atoms with Crippen molar-refractivity contribution in [3.05, 3.63) is 52.8 Å². The first-order valence-electron chi connectivity index (χ1n) is 11.4. The topological polar surface area (TPSA) is 57.2 Å². The number of hydrogen-bond donors (Lipinski definition) is 1. The van der Waals surface area contributed by atoms with E-state index in [1.165, 1.54) is 13.0 Å². The molecule has 3 heterocycles. The standard InChI is InChI=1S/C25H31F3N6/c1-16-18(7-6-8-21(16)25(26,27)28)14-30-23-19-13-22(29-15-20(19)17(2)31-32-23)34-11-9-24(3,10-12-34)33(4)5/h6-8,13,15H,9-12,14H2,1-5H3,(H,30,32). The van der Waals surface area contributed by atoms with E-state index in [0.29, 0.717) is 11.4 Å². The van der Waals surface area contributed by atoms with Crippen LogP contribution in [0.1, 0.15) is 42.1 Å². The Morgan fingerprint density at radius 2 is 1.79 bits per heavy atom. The van der Waals surface area contributed by atoms with Gasteiger partial charge in [0.25, 0.3) is 0 Å². The summed E-state index contributed by atoms with van der Waals surface area (Å²) < 4.78 is 39.9. The van der Waals surface area contributed by atoms with Crippen LogP contribution in [0.4, 0.5) is 24.8 Å². The fourth-order valence-corrected chi connectivity index (χ4v) is 4.49. The molecule has 0 radical (unpaired) electrons. The number of nitrogens with zero attached hydrogens (tertiary/aromatic N) is 5. The number of rotatable bonds is 5. The molecule has 1 fully saturated rings. The average Bonchev–Trinajstić information content (AvgIpc) is 2.79. The molecule has 1 N–H and O–H groups in total. The second kappa shape index (κ2) is 9.02. The van der Waals surface area contributed by atoms with Gasteiger partial charge in [-0.05, 0) is 71.0 Å². The highest BCUT2D eigenvalue weighted by Crippen LogP contribution is 2.34. The molecule has 0 saturated carbocycles. The summed E-state index contributed by atoms with van der Waals surface area (Å²) in [6.07, 6.45) is -0.496. The van der Waals surface area contributed by atoms with E-state index in [1.807, 2.05) is 19.2 Å². The number of aryl methyl sites for hydroxylation is 1. The maximum absolute atomic E-state index is 13.3. The summed E-state index contributed by atoms with van der Waals surface area (Å²) in [5.74, 6) is 1.41. The molecular formula is C25H31F3N6.